The average Bonchev–Trinajstić information content (AvgIpc) is 3.25. The lowest BCUT2D eigenvalue weighted by Gasteiger charge is -2.16. The summed E-state index contributed by atoms with van der Waals surface area (Å²) in [7, 11) is 0. The summed E-state index contributed by atoms with van der Waals surface area (Å²) in [5, 5.41) is 11.9. The van der Waals surface area contributed by atoms with Crippen molar-refractivity contribution in [3.63, 3.8) is 0 Å². The smallest absolute Gasteiger partial charge is 0.112 e. The number of hydrogen-bond donors (Lipinski definition) is 1. The van der Waals surface area contributed by atoms with Crippen molar-refractivity contribution >= 4 is 43.9 Å². The lowest BCUT2D eigenvalue weighted by molar-refractivity contribution is 0.887. The molecule has 4 aromatic carbocycles. The van der Waals surface area contributed by atoms with E-state index >= 15 is 0 Å². The molecule has 170 valence electrons. The summed E-state index contributed by atoms with van der Waals surface area (Å²) in [5.41, 5.74) is 13.7. The number of rotatable bonds is 4. The maximum atomic E-state index is 6.88. The Morgan fingerprint density at radius 3 is 2.31 bits per heavy atom. The lowest BCUT2D eigenvalue weighted by atomic mass is 9.93. The maximum absolute atomic E-state index is 6.88. The van der Waals surface area contributed by atoms with E-state index in [2.05, 4.69) is 83.9 Å². The maximum Gasteiger partial charge on any atom is 0.112 e. The highest BCUT2D eigenvalue weighted by molar-refractivity contribution is 7.19. The van der Waals surface area contributed by atoms with E-state index in [1.54, 1.807) is 11.3 Å². The molecule has 0 aliphatic rings. The minimum Gasteiger partial charge on any atom is -0.320 e. The van der Waals surface area contributed by atoms with Crippen LogP contribution in [-0.4, -0.2) is 10.2 Å². The van der Waals surface area contributed by atoms with Gasteiger partial charge in [-0.15, -0.1) is 21.5 Å². The number of fused-ring (bicyclic) bond motifs is 2. The Morgan fingerprint density at radius 2 is 1.49 bits per heavy atom. The number of halogens is 1. The third-order valence-corrected chi connectivity index (χ3v) is 8.15. The van der Waals surface area contributed by atoms with Gasteiger partial charge in [0.25, 0.3) is 0 Å². The molecular weight excluding hydrogens is 470 g/mol. The van der Waals surface area contributed by atoms with Gasteiger partial charge in [0.1, 0.15) is 11.2 Å². The van der Waals surface area contributed by atoms with Crippen LogP contribution in [0.2, 0.25) is 5.02 Å². The lowest BCUT2D eigenvalue weighted by Crippen LogP contribution is -2.11. The van der Waals surface area contributed by atoms with Crippen LogP contribution >= 0.6 is 22.9 Å². The predicted molar refractivity (Wildman–Crippen MR) is 148 cm³/mol. The standard InChI is InChI=1S/C30H22ClN3S/c1-18-22-13-5-6-16-25(22)35-30(18)27(32)21-12-7-11-20(17-21)26-23-14-8-15-24(31)29(23)34-33-28(26)19-9-3-2-4-10-19/h2-17,27H,32H2,1H3. The zero-order valence-electron chi connectivity index (χ0n) is 19.1. The van der Waals surface area contributed by atoms with E-state index in [4.69, 9.17) is 17.3 Å². The van der Waals surface area contributed by atoms with Gasteiger partial charge >= 0.3 is 0 Å². The van der Waals surface area contributed by atoms with Crippen LogP contribution in [0.25, 0.3) is 43.4 Å². The van der Waals surface area contributed by atoms with Crippen LogP contribution in [0.3, 0.4) is 0 Å². The molecule has 0 radical (unpaired) electrons. The summed E-state index contributed by atoms with van der Waals surface area (Å²) in [6.07, 6.45) is 0. The number of hydrogen-bond acceptors (Lipinski definition) is 4. The predicted octanol–water partition coefficient (Wildman–Crippen LogP) is 8.19. The second-order valence-corrected chi connectivity index (χ2v) is 10.1. The molecule has 1 atom stereocenters. The van der Waals surface area contributed by atoms with E-state index in [1.807, 2.05) is 30.3 Å². The number of nitrogens with two attached hydrogens (primary N) is 1. The molecule has 35 heavy (non-hydrogen) atoms. The molecule has 6 rings (SSSR count). The highest BCUT2D eigenvalue weighted by atomic mass is 35.5. The molecule has 0 saturated heterocycles. The Hall–Kier alpha value is -3.57. The van der Waals surface area contributed by atoms with Gasteiger partial charge in [0.15, 0.2) is 0 Å². The van der Waals surface area contributed by atoms with Crippen molar-refractivity contribution < 1.29 is 0 Å². The van der Waals surface area contributed by atoms with Crippen LogP contribution in [-0.2, 0) is 0 Å². The molecule has 0 spiro atoms. The monoisotopic (exact) mass is 491 g/mol. The largest absolute Gasteiger partial charge is 0.320 e. The van der Waals surface area contributed by atoms with Gasteiger partial charge in [-0.2, -0.15) is 0 Å². The SMILES string of the molecule is Cc1c(C(N)c2cccc(-c3c(-c4ccccc4)nnc4c(Cl)cccc34)c2)sc2ccccc12. The van der Waals surface area contributed by atoms with Gasteiger partial charge in [-0.3, -0.25) is 0 Å². The van der Waals surface area contributed by atoms with Crippen molar-refractivity contribution in [2.75, 3.05) is 0 Å². The van der Waals surface area contributed by atoms with E-state index in [1.165, 1.54) is 20.5 Å². The van der Waals surface area contributed by atoms with Gasteiger partial charge in [-0.25, -0.2) is 0 Å². The summed E-state index contributed by atoms with van der Waals surface area (Å²) < 4.78 is 1.26. The molecule has 6 aromatic rings. The van der Waals surface area contributed by atoms with Crippen LogP contribution < -0.4 is 5.73 Å². The zero-order chi connectivity index (χ0) is 23.9. The quantitative estimate of drug-likeness (QED) is 0.270. The van der Waals surface area contributed by atoms with Crippen molar-refractivity contribution in [1.29, 1.82) is 0 Å². The number of aromatic nitrogens is 2. The van der Waals surface area contributed by atoms with Crippen molar-refractivity contribution in [3.05, 3.63) is 118 Å². The van der Waals surface area contributed by atoms with Gasteiger partial charge in [-0.05, 0) is 47.2 Å². The molecule has 2 heterocycles. The number of nitrogens with zero attached hydrogens (tertiary/aromatic N) is 2. The van der Waals surface area contributed by atoms with Gasteiger partial charge in [0.2, 0.25) is 0 Å². The molecular formula is C30H22ClN3S. The minimum absolute atomic E-state index is 0.225. The molecule has 0 amide bonds. The summed E-state index contributed by atoms with van der Waals surface area (Å²) in [5.74, 6) is 0. The number of thiophene rings is 1. The van der Waals surface area contributed by atoms with Crippen LogP contribution in [0.1, 0.15) is 22.0 Å². The third kappa shape index (κ3) is 3.80. The van der Waals surface area contributed by atoms with Crippen LogP contribution in [0.5, 0.6) is 0 Å². The van der Waals surface area contributed by atoms with E-state index in [-0.39, 0.29) is 6.04 Å². The molecule has 0 saturated carbocycles. The van der Waals surface area contributed by atoms with Crippen molar-refractivity contribution in [1.82, 2.24) is 10.2 Å². The highest BCUT2D eigenvalue weighted by Gasteiger charge is 2.20. The molecule has 3 nitrogen and oxygen atoms in total. The fraction of sp³-hybridized carbons (Fsp3) is 0.0667. The van der Waals surface area contributed by atoms with Crippen molar-refractivity contribution in [2.45, 2.75) is 13.0 Å². The molecule has 0 aliphatic heterocycles. The normalized spacial score (nSPS) is 12.3. The summed E-state index contributed by atoms with van der Waals surface area (Å²) in [6, 6.07) is 32.7. The molecule has 0 aliphatic carbocycles. The molecule has 5 heteroatoms. The van der Waals surface area contributed by atoms with E-state index < -0.39 is 0 Å². The Labute approximate surface area is 212 Å². The molecule has 2 aromatic heterocycles. The fourth-order valence-electron chi connectivity index (χ4n) is 4.72. The third-order valence-electron chi connectivity index (χ3n) is 6.49. The highest BCUT2D eigenvalue weighted by Crippen LogP contribution is 2.40. The Balaban J connectivity index is 1.55. The summed E-state index contributed by atoms with van der Waals surface area (Å²) in [4.78, 5) is 1.19. The number of aryl methyl sites for hydroxylation is 1. The Morgan fingerprint density at radius 1 is 0.771 bits per heavy atom. The number of benzene rings is 4. The summed E-state index contributed by atoms with van der Waals surface area (Å²) >= 11 is 8.28. The van der Waals surface area contributed by atoms with Gasteiger partial charge in [-0.1, -0.05) is 90.5 Å². The average molecular weight is 492 g/mol. The van der Waals surface area contributed by atoms with Crippen LogP contribution in [0.4, 0.5) is 0 Å². The van der Waals surface area contributed by atoms with Gasteiger partial charge in [0.05, 0.1) is 11.1 Å². The van der Waals surface area contributed by atoms with Gasteiger partial charge < -0.3 is 5.73 Å². The first kappa shape index (κ1) is 21.9. The van der Waals surface area contributed by atoms with Crippen LogP contribution in [0.15, 0.2) is 97.1 Å². The van der Waals surface area contributed by atoms with E-state index in [0.29, 0.717) is 10.5 Å². The first-order valence-corrected chi connectivity index (χ1v) is 12.7. The first-order valence-electron chi connectivity index (χ1n) is 11.5. The topological polar surface area (TPSA) is 51.8 Å². The van der Waals surface area contributed by atoms with E-state index in [0.717, 1.165) is 33.3 Å². The zero-order valence-corrected chi connectivity index (χ0v) is 20.6. The van der Waals surface area contributed by atoms with Gasteiger partial charge in [0, 0.05) is 26.1 Å². The first-order chi connectivity index (χ1) is 17.1. The van der Waals surface area contributed by atoms with Crippen LogP contribution in [0, 0.1) is 6.92 Å². The second kappa shape index (κ2) is 8.90. The van der Waals surface area contributed by atoms with Crippen molar-refractivity contribution in [3.8, 4) is 22.4 Å². The molecule has 1 unspecified atom stereocenters. The fourth-order valence-corrected chi connectivity index (χ4v) is 6.17. The minimum atomic E-state index is -0.225. The Kier molecular flexibility index (Phi) is 5.57. The molecule has 2 N–H and O–H groups in total. The second-order valence-electron chi connectivity index (χ2n) is 8.62. The van der Waals surface area contributed by atoms with E-state index in [9.17, 15) is 0 Å². The molecule has 0 bridgehead atoms. The molecule has 0 fully saturated rings. The van der Waals surface area contributed by atoms with Crippen molar-refractivity contribution in [2.24, 2.45) is 5.73 Å². The summed E-state index contributed by atoms with van der Waals surface area (Å²) in [6.45, 7) is 2.16. The Bertz CT molecular complexity index is 1690.